The molecular formula is C14H29N5O2. The quantitative estimate of drug-likeness (QED) is 0.307. The average molecular weight is 299 g/mol. The fourth-order valence-electron chi connectivity index (χ4n) is 3.00. The topological polar surface area (TPSA) is 77.6 Å². The number of ether oxygens (including phenoxy) is 1. The molecule has 21 heavy (non-hydrogen) atoms. The summed E-state index contributed by atoms with van der Waals surface area (Å²) >= 11 is 0. The standard InChI is InChI=1S/C14H29N5O2/c1-12(2)19-7-8-21-13(10-19)9-17-3-5-18(6-4-17)11-14(15)16-20/h12-13,20H,3-11H2,1-2H3,(H2,15,16). The van der Waals surface area contributed by atoms with E-state index < -0.39 is 0 Å². The maximum atomic E-state index is 8.61. The number of nitrogens with zero attached hydrogens (tertiary/aromatic N) is 4. The smallest absolute Gasteiger partial charge is 0.153 e. The normalized spacial score (nSPS) is 27.4. The summed E-state index contributed by atoms with van der Waals surface area (Å²) in [6.45, 7) is 12.9. The van der Waals surface area contributed by atoms with Crippen LogP contribution in [-0.4, -0.2) is 96.9 Å². The SMILES string of the molecule is CC(C)N1CCOC(CN2CCN(CC(N)=NO)CC2)C1. The molecule has 0 saturated carbocycles. The first kappa shape index (κ1) is 16.5. The van der Waals surface area contributed by atoms with Gasteiger partial charge in [-0.2, -0.15) is 0 Å². The monoisotopic (exact) mass is 299 g/mol. The molecule has 0 aliphatic carbocycles. The molecule has 2 rings (SSSR count). The third kappa shape index (κ3) is 5.10. The number of hydrogen-bond donors (Lipinski definition) is 2. The molecule has 0 radical (unpaired) electrons. The van der Waals surface area contributed by atoms with Crippen molar-refractivity contribution in [2.75, 3.05) is 59.0 Å². The first-order valence-corrected chi connectivity index (χ1v) is 7.85. The highest BCUT2D eigenvalue weighted by molar-refractivity contribution is 5.81. The van der Waals surface area contributed by atoms with Crippen molar-refractivity contribution in [2.24, 2.45) is 10.9 Å². The van der Waals surface area contributed by atoms with Gasteiger partial charge in [-0.3, -0.25) is 14.7 Å². The molecule has 122 valence electrons. The third-order valence-corrected chi connectivity index (χ3v) is 4.34. The molecular weight excluding hydrogens is 270 g/mol. The van der Waals surface area contributed by atoms with Crippen LogP contribution in [0.25, 0.3) is 0 Å². The Morgan fingerprint density at radius 2 is 1.90 bits per heavy atom. The van der Waals surface area contributed by atoms with Gasteiger partial charge in [0.1, 0.15) is 0 Å². The highest BCUT2D eigenvalue weighted by Crippen LogP contribution is 2.11. The van der Waals surface area contributed by atoms with Gasteiger partial charge in [0.05, 0.1) is 19.3 Å². The maximum absolute atomic E-state index is 8.61. The Morgan fingerprint density at radius 1 is 1.24 bits per heavy atom. The summed E-state index contributed by atoms with van der Waals surface area (Å²) in [6, 6.07) is 0.592. The van der Waals surface area contributed by atoms with E-state index in [0.29, 0.717) is 18.7 Å². The zero-order valence-corrected chi connectivity index (χ0v) is 13.2. The second kappa shape index (κ2) is 7.93. The van der Waals surface area contributed by atoms with Gasteiger partial charge in [-0.1, -0.05) is 5.16 Å². The predicted octanol–water partition coefficient (Wildman–Crippen LogP) is -0.540. The Morgan fingerprint density at radius 3 is 2.52 bits per heavy atom. The molecule has 0 aromatic rings. The van der Waals surface area contributed by atoms with Gasteiger partial charge in [0.15, 0.2) is 5.84 Å². The van der Waals surface area contributed by atoms with Gasteiger partial charge >= 0.3 is 0 Å². The van der Waals surface area contributed by atoms with E-state index in [2.05, 4.69) is 33.7 Å². The molecule has 2 aliphatic rings. The first-order chi connectivity index (χ1) is 10.1. The van der Waals surface area contributed by atoms with Crippen LogP contribution in [0.1, 0.15) is 13.8 Å². The maximum Gasteiger partial charge on any atom is 0.153 e. The largest absolute Gasteiger partial charge is 0.409 e. The van der Waals surface area contributed by atoms with Gasteiger partial charge in [0, 0.05) is 51.9 Å². The van der Waals surface area contributed by atoms with Crippen molar-refractivity contribution in [1.82, 2.24) is 14.7 Å². The highest BCUT2D eigenvalue weighted by atomic mass is 16.5. The summed E-state index contributed by atoms with van der Waals surface area (Å²) in [7, 11) is 0. The van der Waals surface area contributed by atoms with Crippen molar-refractivity contribution in [2.45, 2.75) is 26.0 Å². The second-order valence-corrected chi connectivity index (χ2v) is 6.25. The van der Waals surface area contributed by atoms with Crippen molar-refractivity contribution in [3.8, 4) is 0 Å². The van der Waals surface area contributed by atoms with E-state index in [1.165, 1.54) is 0 Å². The predicted molar refractivity (Wildman–Crippen MR) is 82.7 cm³/mol. The molecule has 1 atom stereocenters. The van der Waals surface area contributed by atoms with E-state index in [9.17, 15) is 0 Å². The number of hydrogen-bond acceptors (Lipinski definition) is 6. The lowest BCUT2D eigenvalue weighted by molar-refractivity contribution is -0.0559. The number of morpholine rings is 1. The Bertz CT molecular complexity index is 342. The number of nitrogens with two attached hydrogens (primary N) is 1. The van der Waals surface area contributed by atoms with E-state index in [0.717, 1.165) is 52.4 Å². The number of oxime groups is 1. The Kier molecular flexibility index (Phi) is 6.22. The summed E-state index contributed by atoms with van der Waals surface area (Å²) in [5.74, 6) is 0.284. The van der Waals surface area contributed by atoms with E-state index in [4.69, 9.17) is 15.7 Å². The molecule has 0 aromatic heterocycles. The second-order valence-electron chi connectivity index (χ2n) is 6.25. The first-order valence-electron chi connectivity index (χ1n) is 7.85. The van der Waals surface area contributed by atoms with Crippen LogP contribution in [0.15, 0.2) is 5.16 Å². The van der Waals surface area contributed by atoms with Gasteiger partial charge in [-0.25, -0.2) is 0 Å². The van der Waals surface area contributed by atoms with Crippen molar-refractivity contribution < 1.29 is 9.94 Å². The fraction of sp³-hybridized carbons (Fsp3) is 0.929. The molecule has 7 nitrogen and oxygen atoms in total. The fourth-order valence-corrected chi connectivity index (χ4v) is 3.00. The Hall–Kier alpha value is -0.890. The average Bonchev–Trinajstić information content (AvgIpc) is 2.49. The van der Waals surface area contributed by atoms with Crippen molar-refractivity contribution in [3.05, 3.63) is 0 Å². The van der Waals surface area contributed by atoms with Crippen LogP contribution in [-0.2, 0) is 4.74 Å². The summed E-state index contributed by atoms with van der Waals surface area (Å²) in [5.41, 5.74) is 5.55. The van der Waals surface area contributed by atoms with Gasteiger partial charge in [-0.15, -0.1) is 0 Å². The lowest BCUT2D eigenvalue weighted by Crippen LogP contribution is -2.54. The van der Waals surface area contributed by atoms with Crippen LogP contribution in [0.4, 0.5) is 0 Å². The minimum atomic E-state index is 0.284. The lowest BCUT2D eigenvalue weighted by Gasteiger charge is -2.40. The van der Waals surface area contributed by atoms with Crippen LogP contribution in [0.5, 0.6) is 0 Å². The van der Waals surface area contributed by atoms with Crippen LogP contribution >= 0.6 is 0 Å². The van der Waals surface area contributed by atoms with Crippen molar-refractivity contribution in [3.63, 3.8) is 0 Å². The van der Waals surface area contributed by atoms with Gasteiger partial charge in [0.25, 0.3) is 0 Å². The van der Waals surface area contributed by atoms with E-state index in [1.54, 1.807) is 0 Å². The van der Waals surface area contributed by atoms with Crippen molar-refractivity contribution in [1.29, 1.82) is 0 Å². The molecule has 2 heterocycles. The van der Waals surface area contributed by atoms with Crippen LogP contribution in [0, 0.1) is 0 Å². The molecule has 0 bridgehead atoms. The molecule has 0 amide bonds. The molecule has 2 aliphatic heterocycles. The minimum absolute atomic E-state index is 0.284. The van der Waals surface area contributed by atoms with Crippen LogP contribution in [0.3, 0.4) is 0 Å². The zero-order valence-electron chi connectivity index (χ0n) is 13.2. The molecule has 0 aromatic carbocycles. The highest BCUT2D eigenvalue weighted by Gasteiger charge is 2.26. The molecule has 1 unspecified atom stereocenters. The van der Waals surface area contributed by atoms with Gasteiger partial charge < -0.3 is 15.7 Å². The number of piperazine rings is 1. The molecule has 0 spiro atoms. The van der Waals surface area contributed by atoms with Crippen LogP contribution in [0.2, 0.25) is 0 Å². The third-order valence-electron chi connectivity index (χ3n) is 4.34. The van der Waals surface area contributed by atoms with Crippen LogP contribution < -0.4 is 5.73 Å². The van der Waals surface area contributed by atoms with Gasteiger partial charge in [-0.05, 0) is 13.8 Å². The Labute approximate surface area is 127 Å². The summed E-state index contributed by atoms with van der Waals surface area (Å²) < 4.78 is 5.90. The molecule has 2 fully saturated rings. The van der Waals surface area contributed by atoms with E-state index in [-0.39, 0.29) is 5.84 Å². The van der Waals surface area contributed by atoms with E-state index >= 15 is 0 Å². The van der Waals surface area contributed by atoms with E-state index in [1.807, 2.05) is 0 Å². The zero-order chi connectivity index (χ0) is 15.2. The molecule has 7 heteroatoms. The lowest BCUT2D eigenvalue weighted by atomic mass is 10.2. The number of amidine groups is 1. The summed E-state index contributed by atoms with van der Waals surface area (Å²) in [6.07, 6.45) is 0.316. The molecule has 2 saturated heterocycles. The number of rotatable bonds is 5. The summed E-state index contributed by atoms with van der Waals surface area (Å²) in [5, 5.41) is 11.6. The Balaban J connectivity index is 1.71. The molecule has 3 N–H and O–H groups in total. The van der Waals surface area contributed by atoms with Crippen molar-refractivity contribution >= 4 is 5.84 Å². The van der Waals surface area contributed by atoms with Gasteiger partial charge in [0.2, 0.25) is 0 Å². The minimum Gasteiger partial charge on any atom is -0.409 e. The summed E-state index contributed by atoms with van der Waals surface area (Å²) in [4.78, 5) is 7.16.